The van der Waals surface area contributed by atoms with Crippen molar-refractivity contribution in [3.8, 4) is 5.75 Å². The maximum Gasteiger partial charge on any atom is 0.291 e. The summed E-state index contributed by atoms with van der Waals surface area (Å²) in [6.45, 7) is 1.84. The molecule has 0 aliphatic rings. The molecule has 0 fully saturated rings. The molecule has 1 aromatic carbocycles. The zero-order valence-electron chi connectivity index (χ0n) is 11.8. The van der Waals surface area contributed by atoms with Gasteiger partial charge in [-0.1, -0.05) is 24.3 Å². The van der Waals surface area contributed by atoms with Crippen LogP contribution in [0.15, 0.2) is 46.3 Å². The highest BCUT2D eigenvalue weighted by atomic mass is 16.3. The lowest BCUT2D eigenvalue weighted by atomic mass is 10.1. The van der Waals surface area contributed by atoms with Gasteiger partial charge in [0.15, 0.2) is 5.69 Å². The van der Waals surface area contributed by atoms with E-state index < -0.39 is 11.5 Å². The number of hydrazone groups is 1. The van der Waals surface area contributed by atoms with Crippen LogP contribution >= 0.6 is 0 Å². The maximum atomic E-state index is 11.7. The van der Waals surface area contributed by atoms with Crippen LogP contribution < -0.4 is 11.0 Å². The molecular weight excluding hydrogens is 284 g/mol. The number of para-hydroxylation sites is 1. The number of rotatable bonds is 4. The minimum atomic E-state index is -0.573. The first-order valence-electron chi connectivity index (χ1n) is 6.45. The molecule has 112 valence electrons. The van der Waals surface area contributed by atoms with Gasteiger partial charge in [0.2, 0.25) is 0 Å². The molecule has 0 atom stereocenters. The first-order valence-corrected chi connectivity index (χ1v) is 6.45. The summed E-state index contributed by atoms with van der Waals surface area (Å²) in [5, 5.41) is 19.5. The number of H-pyrrole nitrogens is 1. The number of nitrogens with zero attached hydrogens (tertiary/aromatic N) is 2. The molecule has 7 nitrogen and oxygen atoms in total. The Kier molecular flexibility index (Phi) is 4.81. The molecule has 22 heavy (non-hydrogen) atoms. The molecule has 0 saturated carbocycles. The first kappa shape index (κ1) is 15.2. The zero-order valence-corrected chi connectivity index (χ0v) is 11.8. The Labute approximate surface area is 126 Å². The van der Waals surface area contributed by atoms with Crippen molar-refractivity contribution in [3.63, 3.8) is 0 Å². The van der Waals surface area contributed by atoms with Crippen LogP contribution in [0.5, 0.6) is 5.75 Å². The number of amides is 1. The van der Waals surface area contributed by atoms with Gasteiger partial charge >= 0.3 is 0 Å². The van der Waals surface area contributed by atoms with E-state index in [1.54, 1.807) is 30.4 Å². The molecule has 0 aliphatic heterocycles. The zero-order chi connectivity index (χ0) is 15.9. The van der Waals surface area contributed by atoms with E-state index in [2.05, 4.69) is 20.7 Å². The fraction of sp³-hybridized carbons (Fsp3) is 0.0667. The predicted octanol–water partition coefficient (Wildman–Crippen LogP) is 1.27. The molecule has 0 spiro atoms. The van der Waals surface area contributed by atoms with Crippen molar-refractivity contribution >= 4 is 18.2 Å². The van der Waals surface area contributed by atoms with E-state index in [9.17, 15) is 14.7 Å². The molecule has 2 aromatic rings. The second-order valence-corrected chi connectivity index (χ2v) is 4.29. The quantitative estimate of drug-likeness (QED) is 0.583. The Balaban J connectivity index is 2.09. The molecule has 2 rings (SSSR count). The summed E-state index contributed by atoms with van der Waals surface area (Å²) < 4.78 is 0. The lowest BCUT2D eigenvalue weighted by Gasteiger charge is -2.03. The second kappa shape index (κ2) is 6.98. The summed E-state index contributed by atoms with van der Waals surface area (Å²) >= 11 is 0. The van der Waals surface area contributed by atoms with Crippen molar-refractivity contribution in [2.24, 2.45) is 5.10 Å². The third kappa shape index (κ3) is 3.66. The number of benzene rings is 1. The van der Waals surface area contributed by atoms with Gasteiger partial charge in [-0.05, 0) is 19.1 Å². The lowest BCUT2D eigenvalue weighted by Crippen LogP contribution is -2.21. The Bertz CT molecular complexity index is 773. The van der Waals surface area contributed by atoms with Crippen LogP contribution in [-0.4, -0.2) is 27.4 Å². The maximum absolute atomic E-state index is 11.7. The number of aromatic nitrogens is 2. The predicted molar refractivity (Wildman–Crippen MR) is 82.7 cm³/mol. The molecule has 1 amide bonds. The van der Waals surface area contributed by atoms with E-state index >= 15 is 0 Å². The van der Waals surface area contributed by atoms with Crippen molar-refractivity contribution in [2.75, 3.05) is 0 Å². The number of nitrogens with one attached hydrogen (secondary N) is 2. The minimum absolute atomic E-state index is 0.0311. The third-order valence-electron chi connectivity index (χ3n) is 2.73. The van der Waals surface area contributed by atoms with E-state index in [0.717, 1.165) is 0 Å². The first-order chi connectivity index (χ1) is 10.6. The number of carbonyl (C=O) groups excluding carboxylic acids is 1. The number of aromatic hydroxyl groups is 1. The Morgan fingerprint density at radius 2 is 2.09 bits per heavy atom. The third-order valence-corrected chi connectivity index (χ3v) is 2.73. The summed E-state index contributed by atoms with van der Waals surface area (Å²) in [5.41, 5.74) is 3.01. The number of hydrogen-bond acceptors (Lipinski definition) is 5. The molecule has 1 aromatic heterocycles. The summed E-state index contributed by atoms with van der Waals surface area (Å²) in [7, 11) is 0. The Hall–Kier alpha value is -3.22. The van der Waals surface area contributed by atoms with Crippen LogP contribution in [-0.2, 0) is 0 Å². The van der Waals surface area contributed by atoms with E-state index in [1.165, 1.54) is 18.3 Å². The van der Waals surface area contributed by atoms with Gasteiger partial charge in [0.1, 0.15) is 5.75 Å². The van der Waals surface area contributed by atoms with Crippen molar-refractivity contribution in [1.29, 1.82) is 0 Å². The number of phenolic OH excluding ortho intramolecular Hbond substituents is 1. The average molecular weight is 298 g/mol. The molecule has 1 heterocycles. The van der Waals surface area contributed by atoms with Gasteiger partial charge in [-0.25, -0.2) is 10.5 Å². The molecule has 0 bridgehead atoms. The van der Waals surface area contributed by atoms with E-state index in [-0.39, 0.29) is 11.4 Å². The van der Waals surface area contributed by atoms with Gasteiger partial charge in [-0.3, -0.25) is 9.59 Å². The molecule has 0 saturated heterocycles. The van der Waals surface area contributed by atoms with Crippen LogP contribution in [0.2, 0.25) is 0 Å². The van der Waals surface area contributed by atoms with Gasteiger partial charge in [0.05, 0.1) is 6.21 Å². The van der Waals surface area contributed by atoms with E-state index in [0.29, 0.717) is 11.1 Å². The van der Waals surface area contributed by atoms with Gasteiger partial charge < -0.3 is 5.11 Å². The van der Waals surface area contributed by atoms with Gasteiger partial charge in [-0.2, -0.15) is 10.2 Å². The van der Waals surface area contributed by atoms with Crippen molar-refractivity contribution in [2.45, 2.75) is 6.92 Å². The SMILES string of the molecule is C/C=C/c1cccc(/C=N\NC(=O)c2ccc(=O)[nH]n2)c1O. The van der Waals surface area contributed by atoms with E-state index in [1.807, 2.05) is 6.92 Å². The minimum Gasteiger partial charge on any atom is -0.507 e. The van der Waals surface area contributed by atoms with Gasteiger partial charge in [0.25, 0.3) is 11.5 Å². The number of hydrogen-bond donors (Lipinski definition) is 3. The Morgan fingerprint density at radius 1 is 1.32 bits per heavy atom. The molecule has 3 N–H and O–H groups in total. The smallest absolute Gasteiger partial charge is 0.291 e. The average Bonchev–Trinajstić information content (AvgIpc) is 2.51. The summed E-state index contributed by atoms with van der Waals surface area (Å²) in [6, 6.07) is 7.67. The summed E-state index contributed by atoms with van der Waals surface area (Å²) in [5.74, 6) is -0.502. The highest BCUT2D eigenvalue weighted by Crippen LogP contribution is 2.22. The van der Waals surface area contributed by atoms with Crippen LogP contribution in [0, 0.1) is 0 Å². The summed E-state index contributed by atoms with van der Waals surface area (Å²) in [6.07, 6.45) is 4.89. The molecule has 7 heteroatoms. The largest absolute Gasteiger partial charge is 0.507 e. The topological polar surface area (TPSA) is 107 Å². The lowest BCUT2D eigenvalue weighted by molar-refractivity contribution is 0.0949. The fourth-order valence-corrected chi connectivity index (χ4v) is 1.69. The van der Waals surface area contributed by atoms with E-state index in [4.69, 9.17) is 0 Å². The monoisotopic (exact) mass is 298 g/mol. The normalized spacial score (nSPS) is 11.1. The summed E-state index contributed by atoms with van der Waals surface area (Å²) in [4.78, 5) is 22.6. The molecule has 0 radical (unpaired) electrons. The number of allylic oxidation sites excluding steroid dienone is 1. The molecule has 0 unspecified atom stereocenters. The number of carbonyl (C=O) groups is 1. The van der Waals surface area contributed by atoms with Crippen LogP contribution in [0.3, 0.4) is 0 Å². The van der Waals surface area contributed by atoms with Gasteiger partial charge in [0, 0.05) is 17.2 Å². The number of aromatic amines is 1. The van der Waals surface area contributed by atoms with Crippen molar-refractivity contribution in [1.82, 2.24) is 15.6 Å². The highest BCUT2D eigenvalue weighted by molar-refractivity contribution is 5.93. The second-order valence-electron chi connectivity index (χ2n) is 4.29. The highest BCUT2D eigenvalue weighted by Gasteiger charge is 2.06. The van der Waals surface area contributed by atoms with Crippen LogP contribution in [0.4, 0.5) is 0 Å². The Morgan fingerprint density at radius 3 is 2.77 bits per heavy atom. The number of phenols is 1. The fourth-order valence-electron chi connectivity index (χ4n) is 1.69. The van der Waals surface area contributed by atoms with Crippen molar-refractivity contribution < 1.29 is 9.90 Å². The molecular formula is C15H14N4O3. The standard InChI is InChI=1S/C15H14N4O3/c1-2-4-10-5-3-6-11(14(10)21)9-16-19-15(22)12-7-8-13(20)18-17-12/h2-9,21H,1H3,(H,18,20)(H,19,22)/b4-2+,16-9-. The van der Waals surface area contributed by atoms with Gasteiger partial charge in [-0.15, -0.1) is 0 Å². The molecule has 0 aliphatic carbocycles. The van der Waals surface area contributed by atoms with Crippen LogP contribution in [0.1, 0.15) is 28.5 Å². The van der Waals surface area contributed by atoms with Crippen LogP contribution in [0.25, 0.3) is 6.08 Å². The van der Waals surface area contributed by atoms with Crippen molar-refractivity contribution in [3.05, 3.63) is 63.6 Å².